The second-order valence-corrected chi connectivity index (χ2v) is 4.31. The van der Waals surface area contributed by atoms with Gasteiger partial charge in [-0.3, -0.25) is 4.68 Å². The van der Waals surface area contributed by atoms with Gasteiger partial charge < -0.3 is 14.2 Å². The molecule has 0 amide bonds. The smallest absolute Gasteiger partial charge is 0.324 e. The molecule has 0 atom stereocenters. The zero-order valence-corrected chi connectivity index (χ0v) is 10.4. The molecule has 1 saturated heterocycles. The molecule has 0 N–H and O–H groups in total. The molecule has 3 rings (SSSR count). The molecular formula is C11H12N6O2. The van der Waals surface area contributed by atoms with Gasteiger partial charge in [0.05, 0.1) is 17.8 Å². The summed E-state index contributed by atoms with van der Waals surface area (Å²) in [4.78, 5) is 6.18. The molecule has 0 unspecified atom stereocenters. The van der Waals surface area contributed by atoms with Crippen molar-refractivity contribution >= 4 is 6.01 Å². The van der Waals surface area contributed by atoms with Gasteiger partial charge in [-0.2, -0.15) is 15.3 Å². The monoisotopic (exact) mass is 260 g/mol. The van der Waals surface area contributed by atoms with Crippen molar-refractivity contribution in [3.8, 4) is 6.07 Å². The maximum atomic E-state index is 8.75. The Kier molecular flexibility index (Phi) is 2.89. The van der Waals surface area contributed by atoms with Gasteiger partial charge in [0.15, 0.2) is 5.82 Å². The van der Waals surface area contributed by atoms with Gasteiger partial charge >= 0.3 is 6.01 Å². The lowest BCUT2D eigenvalue weighted by atomic mass is 10.1. The van der Waals surface area contributed by atoms with E-state index in [1.165, 1.54) is 0 Å². The highest BCUT2D eigenvalue weighted by Crippen LogP contribution is 2.26. The van der Waals surface area contributed by atoms with Crippen LogP contribution in [0, 0.1) is 11.3 Å². The van der Waals surface area contributed by atoms with Crippen LogP contribution in [0.1, 0.15) is 17.4 Å². The van der Waals surface area contributed by atoms with Gasteiger partial charge in [-0.1, -0.05) is 5.16 Å². The highest BCUT2D eigenvalue weighted by atomic mass is 16.5. The van der Waals surface area contributed by atoms with E-state index in [2.05, 4.69) is 21.3 Å². The molecule has 0 aromatic carbocycles. The molecule has 0 spiro atoms. The topological polar surface area (TPSA) is 93.0 Å². The Balaban J connectivity index is 1.61. The van der Waals surface area contributed by atoms with Crippen molar-refractivity contribution in [3.63, 3.8) is 0 Å². The fraction of sp³-hybridized carbons (Fsp3) is 0.455. The van der Waals surface area contributed by atoms with Gasteiger partial charge in [-0.05, 0) is 0 Å². The number of nitrogens with zero attached hydrogens (tertiary/aromatic N) is 6. The quantitative estimate of drug-likeness (QED) is 0.782. The zero-order valence-electron chi connectivity index (χ0n) is 10.4. The largest absolute Gasteiger partial charge is 0.377 e. The van der Waals surface area contributed by atoms with Gasteiger partial charge in [0, 0.05) is 26.4 Å². The maximum absolute atomic E-state index is 8.75. The van der Waals surface area contributed by atoms with Crippen LogP contribution in [0.5, 0.6) is 0 Å². The van der Waals surface area contributed by atoms with E-state index in [-0.39, 0.29) is 6.04 Å². The van der Waals surface area contributed by atoms with Gasteiger partial charge in [-0.25, -0.2) is 0 Å². The van der Waals surface area contributed by atoms with Crippen LogP contribution >= 0.6 is 0 Å². The molecule has 0 bridgehead atoms. The molecule has 8 nitrogen and oxygen atoms in total. The minimum Gasteiger partial charge on any atom is -0.377 e. The molecule has 98 valence electrons. The number of rotatable bonds is 4. The minimum atomic E-state index is 0.236. The van der Waals surface area contributed by atoms with E-state index in [1.54, 1.807) is 24.2 Å². The van der Waals surface area contributed by atoms with Crippen LogP contribution in [0.15, 0.2) is 16.9 Å². The number of anilines is 1. The van der Waals surface area contributed by atoms with Crippen LogP contribution in [0.4, 0.5) is 6.01 Å². The zero-order chi connectivity index (χ0) is 13.2. The van der Waals surface area contributed by atoms with E-state index in [1.807, 2.05) is 4.90 Å². The average Bonchev–Trinajstić information content (AvgIpc) is 2.98. The molecule has 0 saturated carbocycles. The van der Waals surface area contributed by atoms with Crippen molar-refractivity contribution in [3.05, 3.63) is 23.8 Å². The molecular weight excluding hydrogens is 248 g/mol. The second kappa shape index (κ2) is 4.70. The average molecular weight is 260 g/mol. The summed E-state index contributed by atoms with van der Waals surface area (Å²) in [6.07, 6.45) is 3.30. The first-order valence-electron chi connectivity index (χ1n) is 5.81. The molecule has 0 radical (unpaired) electrons. The molecule has 2 aromatic heterocycles. The highest BCUT2D eigenvalue weighted by molar-refractivity contribution is 5.31. The van der Waals surface area contributed by atoms with Crippen molar-refractivity contribution in [1.82, 2.24) is 19.9 Å². The van der Waals surface area contributed by atoms with Gasteiger partial charge in [0.2, 0.25) is 0 Å². The molecule has 1 aliphatic rings. The third-order valence-electron chi connectivity index (χ3n) is 2.97. The first-order valence-corrected chi connectivity index (χ1v) is 5.81. The molecule has 3 heterocycles. The predicted molar refractivity (Wildman–Crippen MR) is 63.2 cm³/mol. The van der Waals surface area contributed by atoms with E-state index >= 15 is 0 Å². The van der Waals surface area contributed by atoms with Gasteiger partial charge in [-0.15, -0.1) is 0 Å². The molecule has 19 heavy (non-hydrogen) atoms. The first-order chi connectivity index (χ1) is 9.30. The summed E-state index contributed by atoms with van der Waals surface area (Å²) >= 11 is 0. The third kappa shape index (κ3) is 2.15. The lowest BCUT2D eigenvalue weighted by Crippen LogP contribution is -2.48. The SMILES string of the molecule is COCc1noc(N2CC(n3cc(C#N)cn3)C2)n1. The normalized spacial score (nSPS) is 15.3. The summed E-state index contributed by atoms with van der Waals surface area (Å²) in [6.45, 7) is 1.81. The first kappa shape index (κ1) is 11.7. The number of methoxy groups -OCH3 is 1. The second-order valence-electron chi connectivity index (χ2n) is 4.31. The van der Waals surface area contributed by atoms with E-state index in [9.17, 15) is 0 Å². The Morgan fingerprint density at radius 2 is 2.42 bits per heavy atom. The van der Waals surface area contributed by atoms with Crippen LogP contribution in [-0.2, 0) is 11.3 Å². The Bertz CT molecular complexity index is 607. The fourth-order valence-electron chi connectivity index (χ4n) is 1.94. The lowest BCUT2D eigenvalue weighted by Gasteiger charge is -2.37. The standard InChI is InChI=1S/C11H12N6O2/c1-18-7-10-14-11(19-15-10)16-5-9(6-16)17-4-8(2-12)3-13-17/h3-4,9H,5-7H2,1H3. The van der Waals surface area contributed by atoms with Crippen LogP contribution < -0.4 is 4.90 Å². The Hall–Kier alpha value is -2.40. The Morgan fingerprint density at radius 1 is 1.58 bits per heavy atom. The maximum Gasteiger partial charge on any atom is 0.324 e. The predicted octanol–water partition coefficient (Wildman–Crippen LogP) is 0.345. The Labute approximate surface area is 109 Å². The molecule has 8 heteroatoms. The Morgan fingerprint density at radius 3 is 3.11 bits per heavy atom. The summed E-state index contributed by atoms with van der Waals surface area (Å²) in [7, 11) is 1.58. The van der Waals surface area contributed by atoms with Crippen LogP contribution in [0.3, 0.4) is 0 Å². The van der Waals surface area contributed by atoms with Crippen LogP contribution in [0.2, 0.25) is 0 Å². The van der Waals surface area contributed by atoms with Gasteiger partial charge in [0.25, 0.3) is 0 Å². The lowest BCUT2D eigenvalue weighted by molar-refractivity contribution is 0.174. The summed E-state index contributed by atoms with van der Waals surface area (Å²) in [6, 6.07) is 2.79. The fourth-order valence-corrected chi connectivity index (χ4v) is 1.94. The van der Waals surface area contributed by atoms with Crippen molar-refractivity contribution in [2.75, 3.05) is 25.1 Å². The third-order valence-corrected chi connectivity index (χ3v) is 2.97. The number of ether oxygens (including phenoxy) is 1. The van der Waals surface area contributed by atoms with Crippen molar-refractivity contribution < 1.29 is 9.26 Å². The molecule has 0 aliphatic carbocycles. The van der Waals surface area contributed by atoms with Crippen molar-refractivity contribution in [1.29, 1.82) is 5.26 Å². The van der Waals surface area contributed by atoms with E-state index in [0.717, 1.165) is 13.1 Å². The van der Waals surface area contributed by atoms with Crippen LogP contribution in [-0.4, -0.2) is 40.1 Å². The number of nitriles is 1. The summed E-state index contributed by atoms with van der Waals surface area (Å²) in [5.41, 5.74) is 0.568. The van der Waals surface area contributed by atoms with Crippen molar-refractivity contribution in [2.24, 2.45) is 0 Å². The van der Waals surface area contributed by atoms with Gasteiger partial charge in [0.1, 0.15) is 12.7 Å². The summed E-state index contributed by atoms with van der Waals surface area (Å²) in [5, 5.41) is 16.7. The number of hydrogen-bond donors (Lipinski definition) is 0. The summed E-state index contributed by atoms with van der Waals surface area (Å²) < 4.78 is 11.9. The van der Waals surface area contributed by atoms with E-state index in [4.69, 9.17) is 14.5 Å². The number of aromatic nitrogens is 4. The molecule has 1 fully saturated rings. The van der Waals surface area contributed by atoms with Crippen molar-refractivity contribution in [2.45, 2.75) is 12.6 Å². The molecule has 1 aliphatic heterocycles. The number of hydrogen-bond acceptors (Lipinski definition) is 7. The van der Waals surface area contributed by atoms with E-state index < -0.39 is 0 Å². The van der Waals surface area contributed by atoms with E-state index in [0.29, 0.717) is 24.0 Å². The highest BCUT2D eigenvalue weighted by Gasteiger charge is 2.32. The minimum absolute atomic E-state index is 0.236. The molecule has 2 aromatic rings. The van der Waals surface area contributed by atoms with Crippen LogP contribution in [0.25, 0.3) is 0 Å². The summed E-state index contributed by atoms with van der Waals surface area (Å²) in [5.74, 6) is 0.534.